The summed E-state index contributed by atoms with van der Waals surface area (Å²) in [6.07, 6.45) is -4.68. The minimum atomic E-state index is -1.97. The molecule has 4 bridgehead atoms. The van der Waals surface area contributed by atoms with Crippen molar-refractivity contribution in [2.45, 2.75) is 116 Å². The van der Waals surface area contributed by atoms with E-state index in [-0.39, 0.29) is 43.1 Å². The molecule has 0 radical (unpaired) electrons. The maximum Gasteiger partial charge on any atom is 0.338 e. The molecule has 3 aliphatic carbocycles. The molecule has 0 amide bonds. The molecular formula is C42H52O10. The molecule has 52 heavy (non-hydrogen) atoms. The molecule has 5 unspecified atom stereocenters. The number of Topliss-reactive ketones (excluding diaryl/α,β-unsaturated/α-hetero) is 1. The third-order valence-electron chi connectivity index (χ3n) is 13.2. The van der Waals surface area contributed by atoms with Crippen LogP contribution in [-0.2, 0) is 33.3 Å². The number of hydrogen-bond acceptors (Lipinski definition) is 10. The summed E-state index contributed by atoms with van der Waals surface area (Å²) in [5.74, 6) is -4.66. The monoisotopic (exact) mass is 716 g/mol. The van der Waals surface area contributed by atoms with Crippen molar-refractivity contribution in [3.05, 3.63) is 82.9 Å². The number of ketones is 1. The summed E-state index contributed by atoms with van der Waals surface area (Å²) < 4.78 is 24.9. The Kier molecular flexibility index (Phi) is 9.85. The average Bonchev–Trinajstić information content (AvgIpc) is 3.16. The number of fused-ring (bicyclic) bond motifs is 6. The van der Waals surface area contributed by atoms with Crippen molar-refractivity contribution >= 4 is 23.7 Å². The summed E-state index contributed by atoms with van der Waals surface area (Å²) >= 11 is 0. The van der Waals surface area contributed by atoms with Gasteiger partial charge in [0.2, 0.25) is 0 Å². The number of rotatable bonds is 7. The Labute approximate surface area is 305 Å². The van der Waals surface area contributed by atoms with E-state index in [4.69, 9.17) is 18.9 Å². The lowest BCUT2D eigenvalue weighted by molar-refractivity contribution is -0.299. The fourth-order valence-corrected chi connectivity index (χ4v) is 9.74. The lowest BCUT2D eigenvalue weighted by Crippen LogP contribution is -2.72. The molecule has 4 aliphatic rings. The molecule has 2 aromatic rings. The van der Waals surface area contributed by atoms with Crippen LogP contribution in [0.25, 0.3) is 0 Å². The molecule has 3 fully saturated rings. The fourth-order valence-electron chi connectivity index (χ4n) is 9.74. The molecule has 10 nitrogen and oxygen atoms in total. The van der Waals surface area contributed by atoms with Crippen LogP contribution in [0.4, 0.5) is 0 Å². The fraction of sp³-hybridized carbons (Fsp3) is 0.571. The predicted octanol–water partition coefficient (Wildman–Crippen LogP) is 5.74. The van der Waals surface area contributed by atoms with E-state index < -0.39 is 82.1 Å². The third kappa shape index (κ3) is 5.91. The molecule has 1 heterocycles. The standard InChI is InChI=1S/C42H52O10/c1-23(28-15-11-9-12-16-28)24(2)37(46)50-31-21-42(48)36(51-38(47)29-17-13-10-14-18-29)30-20-40(8,35(45)26(4)34(25(31)3)39(42,6)7)32(44)19-33-41(30,22-49-33)52-27(5)43/h9-18,23-24,26,30-33,36,44,48H,19-22H2,1-8H3/t23?,24?,26-,30-,31?,32+,33?,36+,40+,41?,42-/m1/s1. The first-order valence-corrected chi connectivity index (χ1v) is 18.4. The van der Waals surface area contributed by atoms with Gasteiger partial charge in [0.15, 0.2) is 5.60 Å². The molecule has 2 N–H and O–H groups in total. The second-order valence-corrected chi connectivity index (χ2v) is 16.4. The van der Waals surface area contributed by atoms with E-state index in [1.807, 2.05) is 58.0 Å². The molecule has 2 aromatic carbocycles. The van der Waals surface area contributed by atoms with E-state index >= 15 is 0 Å². The van der Waals surface area contributed by atoms with Crippen LogP contribution in [0.15, 0.2) is 71.8 Å². The summed E-state index contributed by atoms with van der Waals surface area (Å²) in [6, 6.07) is 18.0. The van der Waals surface area contributed by atoms with Crippen LogP contribution in [0, 0.1) is 28.6 Å². The van der Waals surface area contributed by atoms with Gasteiger partial charge in [-0.15, -0.1) is 0 Å². The van der Waals surface area contributed by atoms with Crippen LogP contribution in [-0.4, -0.2) is 76.1 Å². The number of carbonyl (C=O) groups excluding carboxylic acids is 4. The van der Waals surface area contributed by atoms with Crippen molar-refractivity contribution in [2.75, 3.05) is 6.61 Å². The number of hydrogen-bond donors (Lipinski definition) is 2. The number of aliphatic hydroxyl groups is 2. The average molecular weight is 717 g/mol. The molecular weight excluding hydrogens is 664 g/mol. The number of ether oxygens (including phenoxy) is 4. The van der Waals surface area contributed by atoms with E-state index in [1.54, 1.807) is 51.1 Å². The Balaban J connectivity index is 1.54. The largest absolute Gasteiger partial charge is 0.457 e. The SMILES string of the molecule is CC(=O)OC12COC1C[C@H](O)[C@]1(C)C[C@@H]2[C@H](OC(=O)c2ccccc2)[C@]2(O)CC(OC(=O)C(C)C(C)c3ccccc3)C(C)=C([C@@H](C)C1=O)C2(C)C. The first kappa shape index (κ1) is 37.9. The van der Waals surface area contributed by atoms with E-state index in [1.165, 1.54) is 6.92 Å². The summed E-state index contributed by atoms with van der Waals surface area (Å²) in [5, 5.41) is 25.4. The molecule has 0 aromatic heterocycles. The summed E-state index contributed by atoms with van der Waals surface area (Å²) in [6.45, 7) is 13.8. The van der Waals surface area contributed by atoms with E-state index in [0.29, 0.717) is 11.1 Å². The minimum absolute atomic E-state index is 0.00430. The molecule has 6 rings (SSSR count). The van der Waals surface area contributed by atoms with Gasteiger partial charge in [-0.05, 0) is 48.1 Å². The number of carbonyl (C=O) groups is 4. The number of esters is 3. The normalized spacial score (nSPS) is 36.3. The van der Waals surface area contributed by atoms with Gasteiger partial charge in [-0.2, -0.15) is 0 Å². The van der Waals surface area contributed by atoms with Gasteiger partial charge in [0, 0.05) is 37.0 Å². The summed E-state index contributed by atoms with van der Waals surface area (Å²) in [7, 11) is 0. The molecule has 0 spiro atoms. The van der Waals surface area contributed by atoms with Gasteiger partial charge in [0.1, 0.15) is 29.7 Å². The second kappa shape index (κ2) is 13.5. The van der Waals surface area contributed by atoms with E-state index in [2.05, 4.69) is 0 Å². The third-order valence-corrected chi connectivity index (χ3v) is 13.2. The summed E-state index contributed by atoms with van der Waals surface area (Å²) in [4.78, 5) is 55.9. The van der Waals surface area contributed by atoms with Crippen molar-refractivity contribution in [3.8, 4) is 0 Å². The van der Waals surface area contributed by atoms with Crippen molar-refractivity contribution in [1.29, 1.82) is 0 Å². The zero-order chi connectivity index (χ0) is 38.0. The Bertz CT molecular complexity index is 1750. The topological polar surface area (TPSA) is 146 Å². The predicted molar refractivity (Wildman–Crippen MR) is 191 cm³/mol. The highest BCUT2D eigenvalue weighted by Gasteiger charge is 2.72. The van der Waals surface area contributed by atoms with Crippen LogP contribution < -0.4 is 0 Å². The molecule has 10 heteroatoms. The Morgan fingerprint density at radius 3 is 2.13 bits per heavy atom. The van der Waals surface area contributed by atoms with E-state index in [0.717, 1.165) is 5.56 Å². The highest BCUT2D eigenvalue weighted by atomic mass is 16.6. The zero-order valence-corrected chi connectivity index (χ0v) is 31.4. The lowest BCUT2D eigenvalue weighted by atomic mass is 9.54. The first-order chi connectivity index (χ1) is 24.4. The van der Waals surface area contributed by atoms with Gasteiger partial charge < -0.3 is 29.2 Å². The van der Waals surface area contributed by atoms with Gasteiger partial charge in [-0.3, -0.25) is 14.4 Å². The van der Waals surface area contributed by atoms with Crippen molar-refractivity contribution in [3.63, 3.8) is 0 Å². The maximum atomic E-state index is 14.9. The van der Waals surface area contributed by atoms with E-state index in [9.17, 15) is 29.4 Å². The lowest BCUT2D eigenvalue weighted by Gasteiger charge is -2.59. The zero-order valence-electron chi connectivity index (χ0n) is 31.4. The maximum absolute atomic E-state index is 14.9. The van der Waals surface area contributed by atoms with Gasteiger partial charge in [-0.1, -0.05) is 90.1 Å². The quantitative estimate of drug-likeness (QED) is 0.207. The number of aliphatic hydroxyl groups excluding tert-OH is 1. The molecule has 280 valence electrons. The van der Waals surface area contributed by atoms with Crippen LogP contribution in [0.3, 0.4) is 0 Å². The molecule has 2 saturated carbocycles. The van der Waals surface area contributed by atoms with Crippen LogP contribution in [0.5, 0.6) is 0 Å². The second-order valence-electron chi connectivity index (χ2n) is 16.4. The Hall–Kier alpha value is -3.86. The van der Waals surface area contributed by atoms with Crippen molar-refractivity contribution in [2.24, 2.45) is 28.6 Å². The minimum Gasteiger partial charge on any atom is -0.457 e. The van der Waals surface area contributed by atoms with Crippen molar-refractivity contribution < 1.29 is 48.3 Å². The smallest absolute Gasteiger partial charge is 0.338 e. The van der Waals surface area contributed by atoms with Crippen LogP contribution >= 0.6 is 0 Å². The Morgan fingerprint density at radius 2 is 1.56 bits per heavy atom. The van der Waals surface area contributed by atoms with Gasteiger partial charge in [0.05, 0.1) is 29.6 Å². The molecule has 1 aliphatic heterocycles. The first-order valence-electron chi connectivity index (χ1n) is 18.4. The van der Waals surface area contributed by atoms with Crippen LogP contribution in [0.1, 0.15) is 96.5 Å². The Morgan fingerprint density at radius 1 is 0.942 bits per heavy atom. The van der Waals surface area contributed by atoms with Crippen LogP contribution in [0.2, 0.25) is 0 Å². The van der Waals surface area contributed by atoms with Gasteiger partial charge >= 0.3 is 17.9 Å². The number of benzene rings is 2. The molecule has 1 saturated heterocycles. The van der Waals surface area contributed by atoms with Crippen molar-refractivity contribution in [1.82, 2.24) is 0 Å². The molecule has 11 atom stereocenters. The summed E-state index contributed by atoms with van der Waals surface area (Å²) in [5.41, 5.74) is -3.68. The van der Waals surface area contributed by atoms with Gasteiger partial charge in [-0.25, -0.2) is 4.79 Å². The highest BCUT2D eigenvalue weighted by molar-refractivity contribution is 5.91. The van der Waals surface area contributed by atoms with Gasteiger partial charge in [0.25, 0.3) is 0 Å². The highest BCUT2D eigenvalue weighted by Crippen LogP contribution is 2.62.